The van der Waals surface area contributed by atoms with E-state index in [1.54, 1.807) is 36.7 Å². The summed E-state index contributed by atoms with van der Waals surface area (Å²) in [4.78, 5) is 16.6. The number of phenols is 2. The Hall–Kier alpha value is -3.54. The van der Waals surface area contributed by atoms with Crippen molar-refractivity contribution < 1.29 is 10.2 Å². The van der Waals surface area contributed by atoms with E-state index in [0.29, 0.717) is 11.4 Å². The van der Waals surface area contributed by atoms with Gasteiger partial charge in [0, 0.05) is 18.5 Å². The van der Waals surface area contributed by atoms with E-state index >= 15 is 0 Å². The van der Waals surface area contributed by atoms with Crippen LogP contribution < -0.4 is 0 Å². The standard InChI is InChI=1S/C18H14N4O2/c23-17-10-18(24)16(22-12-14-6-2-4-8-20-14)9-15(17)21-11-13-5-1-3-7-19-13/h1-12,23-24H. The summed E-state index contributed by atoms with van der Waals surface area (Å²) in [7, 11) is 0. The molecule has 2 heterocycles. The number of hydrogen-bond acceptors (Lipinski definition) is 6. The first kappa shape index (κ1) is 15.4. The molecule has 1 aromatic carbocycles. The zero-order valence-corrected chi connectivity index (χ0v) is 12.6. The topological polar surface area (TPSA) is 91.0 Å². The molecule has 0 aliphatic rings. The third-order valence-electron chi connectivity index (χ3n) is 3.12. The molecule has 24 heavy (non-hydrogen) atoms. The third-order valence-corrected chi connectivity index (χ3v) is 3.12. The van der Waals surface area contributed by atoms with Gasteiger partial charge in [-0.3, -0.25) is 20.0 Å². The number of phenolic OH excluding ortho intramolecular Hbond substituents is 2. The number of nitrogens with zero attached hydrogens (tertiary/aromatic N) is 4. The van der Waals surface area contributed by atoms with Crippen molar-refractivity contribution in [2.75, 3.05) is 0 Å². The Morgan fingerprint density at radius 3 is 1.62 bits per heavy atom. The molecule has 6 heteroatoms. The zero-order chi connectivity index (χ0) is 16.8. The second-order valence-electron chi connectivity index (χ2n) is 4.86. The first-order chi connectivity index (χ1) is 11.7. The van der Waals surface area contributed by atoms with Crippen molar-refractivity contribution in [3.05, 3.63) is 72.3 Å². The average molecular weight is 318 g/mol. The summed E-state index contributed by atoms with van der Waals surface area (Å²) in [6.07, 6.45) is 6.36. The minimum Gasteiger partial charge on any atom is -0.506 e. The first-order valence-electron chi connectivity index (χ1n) is 7.18. The Morgan fingerprint density at radius 2 is 1.21 bits per heavy atom. The van der Waals surface area contributed by atoms with Gasteiger partial charge in [0.1, 0.15) is 22.9 Å². The number of aromatic nitrogens is 2. The van der Waals surface area contributed by atoms with Crippen molar-refractivity contribution in [3.8, 4) is 11.5 Å². The van der Waals surface area contributed by atoms with E-state index in [-0.39, 0.29) is 22.9 Å². The van der Waals surface area contributed by atoms with Gasteiger partial charge in [-0.25, -0.2) is 0 Å². The molecule has 0 spiro atoms. The van der Waals surface area contributed by atoms with Gasteiger partial charge in [0.05, 0.1) is 23.8 Å². The maximum atomic E-state index is 9.92. The highest BCUT2D eigenvalue weighted by molar-refractivity contribution is 5.83. The second kappa shape index (κ2) is 7.15. The number of hydrogen-bond donors (Lipinski definition) is 2. The highest BCUT2D eigenvalue weighted by atomic mass is 16.3. The normalized spacial score (nSPS) is 11.3. The van der Waals surface area contributed by atoms with E-state index < -0.39 is 0 Å². The quantitative estimate of drug-likeness (QED) is 0.721. The largest absolute Gasteiger partial charge is 0.506 e. The molecule has 0 radical (unpaired) electrons. The fourth-order valence-electron chi connectivity index (χ4n) is 1.94. The number of pyridine rings is 2. The van der Waals surface area contributed by atoms with Crippen molar-refractivity contribution in [1.29, 1.82) is 0 Å². The number of aromatic hydroxyl groups is 2. The maximum Gasteiger partial charge on any atom is 0.145 e. The molecule has 3 rings (SSSR count). The van der Waals surface area contributed by atoms with Gasteiger partial charge in [-0.15, -0.1) is 0 Å². The van der Waals surface area contributed by atoms with Crippen LogP contribution in [-0.4, -0.2) is 32.6 Å². The lowest BCUT2D eigenvalue weighted by Crippen LogP contribution is -1.85. The van der Waals surface area contributed by atoms with Crippen molar-refractivity contribution >= 4 is 23.8 Å². The Morgan fingerprint density at radius 1 is 0.708 bits per heavy atom. The Balaban J connectivity index is 1.89. The maximum absolute atomic E-state index is 9.92. The summed E-state index contributed by atoms with van der Waals surface area (Å²) >= 11 is 0. The van der Waals surface area contributed by atoms with E-state index in [2.05, 4.69) is 20.0 Å². The monoisotopic (exact) mass is 318 g/mol. The van der Waals surface area contributed by atoms with Gasteiger partial charge in [-0.05, 0) is 30.3 Å². The molecule has 0 amide bonds. The van der Waals surface area contributed by atoms with Crippen LogP contribution in [0.15, 0.2) is 70.9 Å². The van der Waals surface area contributed by atoms with Gasteiger partial charge < -0.3 is 10.2 Å². The summed E-state index contributed by atoms with van der Waals surface area (Å²) in [5.74, 6) is -0.284. The fraction of sp³-hybridized carbons (Fsp3) is 0. The van der Waals surface area contributed by atoms with Crippen molar-refractivity contribution in [3.63, 3.8) is 0 Å². The Labute approximate surface area is 138 Å². The molecule has 0 aliphatic carbocycles. The first-order valence-corrected chi connectivity index (χ1v) is 7.18. The molecule has 0 bridgehead atoms. The molecule has 2 aromatic heterocycles. The minimum absolute atomic E-state index is 0.142. The third kappa shape index (κ3) is 3.80. The van der Waals surface area contributed by atoms with Crippen LogP contribution in [0.5, 0.6) is 11.5 Å². The van der Waals surface area contributed by atoms with E-state index in [4.69, 9.17) is 0 Å². The van der Waals surface area contributed by atoms with Crippen molar-refractivity contribution in [2.45, 2.75) is 0 Å². The van der Waals surface area contributed by atoms with Crippen LogP contribution in [0.2, 0.25) is 0 Å². The SMILES string of the molecule is Oc1cc(O)c(N=Cc2ccccn2)cc1N=Cc1ccccn1. The lowest BCUT2D eigenvalue weighted by Gasteiger charge is -2.03. The van der Waals surface area contributed by atoms with Crippen LogP contribution in [0.25, 0.3) is 0 Å². The number of aliphatic imine (C=N–C) groups is 2. The molecular weight excluding hydrogens is 304 g/mol. The molecule has 6 nitrogen and oxygen atoms in total. The van der Waals surface area contributed by atoms with Crippen LogP contribution in [0.1, 0.15) is 11.4 Å². The zero-order valence-electron chi connectivity index (χ0n) is 12.6. The average Bonchev–Trinajstić information content (AvgIpc) is 2.62. The molecule has 0 fully saturated rings. The molecule has 3 aromatic rings. The van der Waals surface area contributed by atoms with Gasteiger partial charge in [0.15, 0.2) is 0 Å². The minimum atomic E-state index is -0.142. The van der Waals surface area contributed by atoms with Gasteiger partial charge >= 0.3 is 0 Å². The van der Waals surface area contributed by atoms with Crippen LogP contribution in [0.3, 0.4) is 0 Å². The van der Waals surface area contributed by atoms with Gasteiger partial charge in [-0.1, -0.05) is 12.1 Å². The summed E-state index contributed by atoms with van der Waals surface area (Å²) in [5, 5.41) is 19.8. The molecule has 0 atom stereocenters. The number of benzene rings is 1. The van der Waals surface area contributed by atoms with Crippen molar-refractivity contribution in [1.82, 2.24) is 9.97 Å². The Kier molecular flexibility index (Phi) is 4.57. The summed E-state index contributed by atoms with van der Waals surface area (Å²) < 4.78 is 0. The van der Waals surface area contributed by atoms with E-state index in [9.17, 15) is 10.2 Å². The van der Waals surface area contributed by atoms with E-state index in [0.717, 1.165) is 0 Å². The second-order valence-corrected chi connectivity index (χ2v) is 4.86. The molecule has 0 saturated heterocycles. The highest BCUT2D eigenvalue weighted by Gasteiger charge is 2.07. The predicted molar refractivity (Wildman–Crippen MR) is 92.8 cm³/mol. The van der Waals surface area contributed by atoms with Gasteiger partial charge in [0.2, 0.25) is 0 Å². The van der Waals surface area contributed by atoms with E-state index in [1.807, 2.05) is 12.1 Å². The predicted octanol–water partition coefficient (Wildman–Crippen LogP) is 3.39. The molecular formula is C18H14N4O2. The van der Waals surface area contributed by atoms with Crippen LogP contribution in [0, 0.1) is 0 Å². The fourth-order valence-corrected chi connectivity index (χ4v) is 1.94. The molecule has 0 saturated carbocycles. The van der Waals surface area contributed by atoms with E-state index in [1.165, 1.54) is 24.6 Å². The highest BCUT2D eigenvalue weighted by Crippen LogP contribution is 2.38. The Bertz CT molecular complexity index is 808. The number of rotatable bonds is 4. The van der Waals surface area contributed by atoms with Crippen LogP contribution in [-0.2, 0) is 0 Å². The lowest BCUT2D eigenvalue weighted by atomic mass is 10.2. The summed E-state index contributed by atoms with van der Waals surface area (Å²) in [6.45, 7) is 0. The summed E-state index contributed by atoms with van der Waals surface area (Å²) in [6, 6.07) is 13.6. The molecule has 0 unspecified atom stereocenters. The summed E-state index contributed by atoms with van der Waals surface area (Å²) in [5.41, 5.74) is 1.88. The van der Waals surface area contributed by atoms with Crippen molar-refractivity contribution in [2.24, 2.45) is 9.98 Å². The molecule has 118 valence electrons. The van der Waals surface area contributed by atoms with Crippen LogP contribution >= 0.6 is 0 Å². The molecule has 0 aliphatic heterocycles. The smallest absolute Gasteiger partial charge is 0.145 e. The molecule has 2 N–H and O–H groups in total. The van der Waals surface area contributed by atoms with Gasteiger partial charge in [-0.2, -0.15) is 0 Å². The lowest BCUT2D eigenvalue weighted by molar-refractivity contribution is 0.452. The van der Waals surface area contributed by atoms with Crippen LogP contribution in [0.4, 0.5) is 11.4 Å². The van der Waals surface area contributed by atoms with Gasteiger partial charge in [0.25, 0.3) is 0 Å².